The first-order valence-electron chi connectivity index (χ1n) is 4.51. The minimum atomic E-state index is -0.763. The van der Waals surface area contributed by atoms with Crippen LogP contribution in [0.25, 0.3) is 0 Å². The Bertz CT molecular complexity index is 537. The molecule has 0 aliphatic heterocycles. The molecule has 0 aromatic carbocycles. The summed E-state index contributed by atoms with van der Waals surface area (Å²) in [5.41, 5.74) is -0.0606. The van der Waals surface area contributed by atoms with Crippen molar-refractivity contribution in [2.75, 3.05) is 0 Å². The number of nitrogens with zero attached hydrogens (tertiary/aromatic N) is 6. The van der Waals surface area contributed by atoms with Gasteiger partial charge in [0.05, 0.1) is 0 Å². The van der Waals surface area contributed by atoms with Crippen LogP contribution in [0.2, 0.25) is 0 Å². The van der Waals surface area contributed by atoms with Gasteiger partial charge in [-0.15, -0.1) is 9.26 Å². The molecule has 0 saturated heterocycles. The third-order valence-corrected chi connectivity index (χ3v) is 2.02. The summed E-state index contributed by atoms with van der Waals surface area (Å²) in [6, 6.07) is 0. The highest BCUT2D eigenvalue weighted by molar-refractivity contribution is 5.27. The molecule has 0 atom stereocenters. The second-order valence-corrected chi connectivity index (χ2v) is 3.08. The molecule has 2 rings (SSSR count). The molecular weight excluding hydrogens is 252 g/mol. The van der Waals surface area contributed by atoms with Gasteiger partial charge in [0.2, 0.25) is 0 Å². The fourth-order valence-corrected chi connectivity index (χ4v) is 1.23. The summed E-state index contributed by atoms with van der Waals surface area (Å²) in [6.07, 6.45) is -0.0102. The van der Waals surface area contributed by atoms with Crippen LogP contribution in [-0.2, 0) is 12.8 Å². The Hall–Kier alpha value is -2.92. The Morgan fingerprint density at radius 1 is 0.833 bits per heavy atom. The van der Waals surface area contributed by atoms with Crippen LogP contribution in [0.3, 0.4) is 0 Å². The van der Waals surface area contributed by atoms with E-state index in [1.54, 1.807) is 0 Å². The molecule has 2 aromatic rings. The zero-order valence-electron chi connectivity index (χ0n) is 8.55. The summed E-state index contributed by atoms with van der Waals surface area (Å²) < 4.78 is 8.44. The molecule has 2 heterocycles. The van der Waals surface area contributed by atoms with Crippen molar-refractivity contribution in [2.45, 2.75) is 12.8 Å². The van der Waals surface area contributed by atoms with Crippen molar-refractivity contribution in [2.24, 2.45) is 0 Å². The van der Waals surface area contributed by atoms with Gasteiger partial charge in [0.15, 0.2) is 21.7 Å². The molecule has 0 aliphatic carbocycles. The number of hydrogen-bond acceptors (Lipinski definition) is 10. The zero-order valence-corrected chi connectivity index (χ0v) is 8.55. The van der Waals surface area contributed by atoms with Crippen LogP contribution < -0.4 is 0 Å². The number of rotatable bonds is 5. The van der Waals surface area contributed by atoms with E-state index in [0.29, 0.717) is 0 Å². The standard InChI is InChI=1S/C6H4N6O6/c13-11(14)5-3(7-17-9-5)1-2-4-6(12(15)16)10-18-8-4/h1-2H2. The molecule has 12 nitrogen and oxygen atoms in total. The Labute approximate surface area is 96.8 Å². The van der Waals surface area contributed by atoms with Gasteiger partial charge in [-0.1, -0.05) is 0 Å². The molecule has 0 amide bonds. The summed E-state index contributed by atoms with van der Waals surface area (Å²) in [5, 5.41) is 33.9. The van der Waals surface area contributed by atoms with E-state index in [2.05, 4.69) is 29.9 Å². The maximum Gasteiger partial charge on any atom is 0.437 e. The van der Waals surface area contributed by atoms with E-state index in [9.17, 15) is 20.2 Å². The summed E-state index contributed by atoms with van der Waals surface area (Å²) in [4.78, 5) is 19.5. The normalized spacial score (nSPS) is 10.4. The van der Waals surface area contributed by atoms with Gasteiger partial charge >= 0.3 is 11.6 Å². The van der Waals surface area contributed by atoms with Crippen molar-refractivity contribution in [3.63, 3.8) is 0 Å². The van der Waals surface area contributed by atoms with E-state index < -0.39 is 21.5 Å². The SMILES string of the molecule is O=[N+]([O-])c1nonc1CCc1nonc1[N+](=O)[O-]. The molecule has 0 aliphatic rings. The lowest BCUT2D eigenvalue weighted by Gasteiger charge is -1.92. The minimum Gasteiger partial charge on any atom is -0.358 e. The fraction of sp³-hybridized carbons (Fsp3) is 0.333. The average Bonchev–Trinajstić information content (AvgIpc) is 2.94. The molecular formula is C6H4N6O6. The molecule has 18 heavy (non-hydrogen) atoms. The molecule has 12 heteroatoms. The van der Waals surface area contributed by atoms with Crippen molar-refractivity contribution in [1.82, 2.24) is 20.6 Å². The second kappa shape index (κ2) is 4.52. The molecule has 0 saturated carbocycles. The molecule has 0 fully saturated rings. The highest BCUT2D eigenvalue weighted by atomic mass is 16.6. The summed E-state index contributed by atoms with van der Waals surface area (Å²) >= 11 is 0. The molecule has 0 unspecified atom stereocenters. The van der Waals surface area contributed by atoms with E-state index >= 15 is 0 Å². The Morgan fingerprint density at radius 2 is 1.22 bits per heavy atom. The molecule has 0 radical (unpaired) electrons. The number of aryl methyl sites for hydroxylation is 2. The molecule has 0 spiro atoms. The Balaban J connectivity index is 2.12. The smallest absolute Gasteiger partial charge is 0.358 e. The molecule has 94 valence electrons. The summed E-state index contributed by atoms with van der Waals surface area (Å²) in [6.45, 7) is 0. The van der Waals surface area contributed by atoms with Crippen LogP contribution in [0.15, 0.2) is 9.26 Å². The van der Waals surface area contributed by atoms with E-state index in [-0.39, 0.29) is 24.2 Å². The van der Waals surface area contributed by atoms with Crippen LogP contribution >= 0.6 is 0 Å². The van der Waals surface area contributed by atoms with Gasteiger partial charge in [0, 0.05) is 12.8 Å². The van der Waals surface area contributed by atoms with E-state index in [1.165, 1.54) is 0 Å². The monoisotopic (exact) mass is 256 g/mol. The van der Waals surface area contributed by atoms with E-state index in [0.717, 1.165) is 0 Å². The van der Waals surface area contributed by atoms with Crippen LogP contribution in [-0.4, -0.2) is 30.5 Å². The van der Waals surface area contributed by atoms with Gasteiger partial charge in [0.1, 0.15) is 0 Å². The van der Waals surface area contributed by atoms with Crippen LogP contribution in [0.1, 0.15) is 11.4 Å². The van der Waals surface area contributed by atoms with Gasteiger partial charge in [-0.3, -0.25) is 0 Å². The van der Waals surface area contributed by atoms with Crippen molar-refractivity contribution < 1.29 is 19.1 Å². The van der Waals surface area contributed by atoms with Gasteiger partial charge in [0.25, 0.3) is 0 Å². The largest absolute Gasteiger partial charge is 0.437 e. The number of hydrogen-bond donors (Lipinski definition) is 0. The van der Waals surface area contributed by atoms with Crippen LogP contribution in [0, 0.1) is 20.2 Å². The highest BCUT2D eigenvalue weighted by Gasteiger charge is 2.26. The van der Waals surface area contributed by atoms with Gasteiger partial charge in [-0.05, 0) is 20.2 Å². The Morgan fingerprint density at radius 3 is 1.56 bits per heavy atom. The van der Waals surface area contributed by atoms with E-state index in [1.807, 2.05) is 0 Å². The topological polar surface area (TPSA) is 164 Å². The summed E-state index contributed by atoms with van der Waals surface area (Å²) in [7, 11) is 0. The number of aromatic nitrogens is 4. The van der Waals surface area contributed by atoms with E-state index in [4.69, 9.17) is 0 Å². The third-order valence-electron chi connectivity index (χ3n) is 2.02. The van der Waals surface area contributed by atoms with Gasteiger partial charge < -0.3 is 20.2 Å². The third kappa shape index (κ3) is 2.11. The van der Waals surface area contributed by atoms with Gasteiger partial charge in [-0.2, -0.15) is 0 Å². The van der Waals surface area contributed by atoms with Crippen molar-refractivity contribution >= 4 is 11.6 Å². The van der Waals surface area contributed by atoms with Crippen LogP contribution in [0.4, 0.5) is 11.6 Å². The lowest BCUT2D eigenvalue weighted by atomic mass is 10.2. The van der Waals surface area contributed by atoms with Crippen LogP contribution in [0.5, 0.6) is 0 Å². The minimum absolute atomic E-state index is 0.00509. The average molecular weight is 256 g/mol. The predicted octanol–water partition coefficient (Wildman–Crippen LogP) is 0.0542. The second-order valence-electron chi connectivity index (χ2n) is 3.08. The Kier molecular flexibility index (Phi) is 2.90. The van der Waals surface area contributed by atoms with Crippen molar-refractivity contribution in [3.05, 3.63) is 31.6 Å². The first kappa shape index (κ1) is 11.6. The molecule has 0 bridgehead atoms. The van der Waals surface area contributed by atoms with Gasteiger partial charge in [-0.25, -0.2) is 0 Å². The summed E-state index contributed by atoms with van der Waals surface area (Å²) in [5.74, 6) is -1.07. The first-order valence-corrected chi connectivity index (χ1v) is 4.51. The highest BCUT2D eigenvalue weighted by Crippen LogP contribution is 2.18. The first-order chi connectivity index (χ1) is 8.59. The quantitative estimate of drug-likeness (QED) is 0.526. The zero-order chi connectivity index (χ0) is 13.1. The lowest BCUT2D eigenvalue weighted by Crippen LogP contribution is -2.00. The van der Waals surface area contributed by atoms with Crippen molar-refractivity contribution in [3.8, 4) is 0 Å². The van der Waals surface area contributed by atoms with Crippen molar-refractivity contribution in [1.29, 1.82) is 0 Å². The molecule has 2 aromatic heterocycles. The lowest BCUT2D eigenvalue weighted by molar-refractivity contribution is -0.392. The maximum absolute atomic E-state index is 10.5. The fourth-order valence-electron chi connectivity index (χ4n) is 1.23. The maximum atomic E-state index is 10.5. The number of nitro groups is 2. The molecule has 0 N–H and O–H groups in total. The predicted molar refractivity (Wildman–Crippen MR) is 49.3 cm³/mol.